The Bertz CT molecular complexity index is 329. The molecular formula is C10H19N4O2+. The molecule has 6 nitrogen and oxygen atoms in total. The van der Waals surface area contributed by atoms with Crippen LogP contribution in [-0.4, -0.2) is 41.1 Å². The molecule has 16 heavy (non-hydrogen) atoms. The first kappa shape index (κ1) is 12.5. The second-order valence-electron chi connectivity index (χ2n) is 4.09. The average molecular weight is 227 g/mol. The molecule has 4 N–H and O–H groups in total. The third kappa shape index (κ3) is 1.88. The minimum atomic E-state index is -0.718. The molecule has 0 bridgehead atoms. The van der Waals surface area contributed by atoms with Crippen LogP contribution < -0.4 is 11.5 Å². The van der Waals surface area contributed by atoms with Crippen molar-refractivity contribution in [3.63, 3.8) is 0 Å². The van der Waals surface area contributed by atoms with Crippen LogP contribution in [0.4, 0.5) is 4.79 Å². The highest BCUT2D eigenvalue weighted by atomic mass is 16.2. The van der Waals surface area contributed by atoms with Gasteiger partial charge in [-0.1, -0.05) is 13.3 Å². The summed E-state index contributed by atoms with van der Waals surface area (Å²) in [6, 6.07) is -0.544. The zero-order chi connectivity index (χ0) is 12.3. The quantitative estimate of drug-likeness (QED) is 0.658. The van der Waals surface area contributed by atoms with Crippen molar-refractivity contribution < 1.29 is 14.1 Å². The van der Waals surface area contributed by atoms with E-state index in [2.05, 4.69) is 0 Å². The molecular weight excluding hydrogens is 208 g/mol. The number of quaternary nitrogens is 1. The van der Waals surface area contributed by atoms with Gasteiger partial charge in [0.15, 0.2) is 0 Å². The summed E-state index contributed by atoms with van der Waals surface area (Å²) in [5, 5.41) is 0. The molecule has 0 aliphatic carbocycles. The van der Waals surface area contributed by atoms with E-state index in [9.17, 15) is 9.59 Å². The van der Waals surface area contributed by atoms with Crippen LogP contribution in [0, 0.1) is 0 Å². The molecule has 0 aromatic rings. The molecule has 0 saturated heterocycles. The Morgan fingerprint density at radius 1 is 1.44 bits per heavy atom. The van der Waals surface area contributed by atoms with Gasteiger partial charge in [0.1, 0.15) is 6.20 Å². The number of nitrogens with two attached hydrogens (primary N) is 2. The summed E-state index contributed by atoms with van der Waals surface area (Å²) in [6.45, 7) is 2.51. The summed E-state index contributed by atoms with van der Waals surface area (Å²) < 4.78 is -0.195. The second-order valence-corrected chi connectivity index (χ2v) is 4.09. The number of carbonyl (C=O) groups excluding carboxylic acids is 2. The smallest absolute Gasteiger partial charge is 0.363 e. The van der Waals surface area contributed by atoms with Crippen LogP contribution in [-0.2, 0) is 4.79 Å². The molecule has 0 radical (unpaired) electrons. The highest BCUT2D eigenvalue weighted by Crippen LogP contribution is 2.25. The molecule has 0 saturated carbocycles. The van der Waals surface area contributed by atoms with E-state index in [1.165, 1.54) is 0 Å². The van der Waals surface area contributed by atoms with Crippen molar-refractivity contribution in [3.05, 3.63) is 12.4 Å². The average Bonchev–Trinajstić information content (AvgIpc) is 2.54. The number of amides is 3. The highest BCUT2D eigenvalue weighted by molar-refractivity contribution is 5.81. The van der Waals surface area contributed by atoms with Crippen LogP contribution in [0.2, 0.25) is 0 Å². The van der Waals surface area contributed by atoms with Gasteiger partial charge in [0.05, 0.1) is 12.7 Å². The van der Waals surface area contributed by atoms with Gasteiger partial charge in [-0.3, -0.25) is 4.79 Å². The number of hydrogen-bond donors (Lipinski definition) is 2. The predicted octanol–water partition coefficient (Wildman–Crippen LogP) is -0.0900. The molecule has 0 aromatic carbocycles. The van der Waals surface area contributed by atoms with E-state index >= 15 is 0 Å². The van der Waals surface area contributed by atoms with E-state index in [0.717, 1.165) is 12.8 Å². The third-order valence-corrected chi connectivity index (χ3v) is 2.94. The number of rotatable bonds is 4. The fraction of sp³-hybridized carbons (Fsp3) is 0.600. The van der Waals surface area contributed by atoms with Gasteiger partial charge in [-0.15, -0.1) is 0 Å². The first-order chi connectivity index (χ1) is 7.45. The molecule has 6 heteroatoms. The lowest BCUT2D eigenvalue weighted by atomic mass is 10.2. The lowest BCUT2D eigenvalue weighted by molar-refractivity contribution is -0.817. The Morgan fingerprint density at radius 2 is 2.06 bits per heavy atom. The Kier molecular flexibility index (Phi) is 3.54. The normalized spacial score (nSPS) is 28.4. The highest BCUT2D eigenvalue weighted by Gasteiger charge is 2.50. The fourth-order valence-electron chi connectivity index (χ4n) is 2.06. The molecule has 0 spiro atoms. The first-order valence-electron chi connectivity index (χ1n) is 5.33. The maximum Gasteiger partial charge on any atom is 0.420 e. The minimum absolute atomic E-state index is 0.195. The molecule has 2 unspecified atom stereocenters. The van der Waals surface area contributed by atoms with Crippen molar-refractivity contribution in [2.24, 2.45) is 11.5 Å². The van der Waals surface area contributed by atoms with Crippen LogP contribution in [0.25, 0.3) is 0 Å². The third-order valence-electron chi connectivity index (χ3n) is 2.94. The van der Waals surface area contributed by atoms with Crippen molar-refractivity contribution in [2.45, 2.75) is 25.9 Å². The van der Waals surface area contributed by atoms with E-state index in [-0.39, 0.29) is 4.48 Å². The van der Waals surface area contributed by atoms with Gasteiger partial charge in [-0.2, -0.15) is 4.48 Å². The lowest BCUT2D eigenvalue weighted by Crippen LogP contribution is -2.64. The Hall–Kier alpha value is -1.56. The van der Waals surface area contributed by atoms with Crippen molar-refractivity contribution in [3.8, 4) is 0 Å². The lowest BCUT2D eigenvalue weighted by Gasteiger charge is -2.33. The number of hydrogen-bond acceptors (Lipinski definition) is 3. The van der Waals surface area contributed by atoms with Crippen LogP contribution in [0.3, 0.4) is 0 Å². The summed E-state index contributed by atoms with van der Waals surface area (Å²) in [7, 11) is 1.71. The number of primary amides is 2. The van der Waals surface area contributed by atoms with Gasteiger partial charge in [-0.25, -0.2) is 4.79 Å². The molecule has 1 heterocycles. The van der Waals surface area contributed by atoms with Crippen molar-refractivity contribution in [1.29, 1.82) is 0 Å². The van der Waals surface area contributed by atoms with Gasteiger partial charge in [0.2, 0.25) is 0 Å². The number of nitrogens with zero attached hydrogens (tertiary/aromatic N) is 2. The van der Waals surface area contributed by atoms with Gasteiger partial charge in [0.25, 0.3) is 12.1 Å². The second kappa shape index (κ2) is 4.52. The summed E-state index contributed by atoms with van der Waals surface area (Å²) >= 11 is 0. The number of urea groups is 1. The van der Waals surface area contributed by atoms with Crippen LogP contribution in [0.1, 0.15) is 19.8 Å². The Labute approximate surface area is 95.1 Å². The maximum atomic E-state index is 11.6. The molecule has 0 aromatic heterocycles. The van der Waals surface area contributed by atoms with E-state index < -0.39 is 18.1 Å². The van der Waals surface area contributed by atoms with Crippen molar-refractivity contribution in [2.75, 3.05) is 13.6 Å². The van der Waals surface area contributed by atoms with Gasteiger partial charge in [-0.05, 0) is 6.42 Å². The minimum Gasteiger partial charge on any atom is -0.363 e. The largest absolute Gasteiger partial charge is 0.420 e. The predicted molar refractivity (Wildman–Crippen MR) is 59.5 cm³/mol. The van der Waals surface area contributed by atoms with Crippen LogP contribution >= 0.6 is 0 Å². The van der Waals surface area contributed by atoms with Crippen molar-refractivity contribution >= 4 is 11.9 Å². The number of unbranched alkanes of at least 4 members (excludes halogenated alkanes) is 1. The Balaban J connectivity index is 3.04. The monoisotopic (exact) mass is 227 g/mol. The maximum absolute atomic E-state index is 11.6. The van der Waals surface area contributed by atoms with Crippen LogP contribution in [0.15, 0.2) is 12.4 Å². The first-order valence-corrected chi connectivity index (χ1v) is 5.33. The fourth-order valence-corrected chi connectivity index (χ4v) is 2.06. The van der Waals surface area contributed by atoms with Gasteiger partial charge < -0.3 is 16.4 Å². The van der Waals surface area contributed by atoms with E-state index in [0.29, 0.717) is 6.54 Å². The molecule has 1 aliphatic heterocycles. The zero-order valence-electron chi connectivity index (χ0n) is 9.72. The summed E-state index contributed by atoms with van der Waals surface area (Å²) in [4.78, 5) is 24.6. The molecule has 2 atom stereocenters. The van der Waals surface area contributed by atoms with E-state index in [4.69, 9.17) is 11.5 Å². The topological polar surface area (TPSA) is 89.4 Å². The molecule has 1 aliphatic rings. The SMILES string of the molecule is CCCC[N+]1(C(N)=O)C=CN(C)C1C(N)=O. The van der Waals surface area contributed by atoms with E-state index in [1.807, 2.05) is 6.92 Å². The standard InChI is InChI=1S/C10H18N4O2/c1-3-4-6-14(10(12)16)7-5-13(2)9(14)8(11)15/h5,7,9H,3-4,6H2,1-2H3,(H3-,11,12,15,16)/p+1. The molecule has 90 valence electrons. The number of likely N-dealkylation sites (N-methyl/N-ethyl adjacent to an activating group) is 1. The Morgan fingerprint density at radius 3 is 2.50 bits per heavy atom. The molecule has 3 amide bonds. The summed E-state index contributed by atoms with van der Waals surface area (Å²) in [5.41, 5.74) is 10.7. The van der Waals surface area contributed by atoms with E-state index in [1.54, 1.807) is 24.3 Å². The summed E-state index contributed by atoms with van der Waals surface area (Å²) in [6.07, 6.45) is 4.34. The van der Waals surface area contributed by atoms with Crippen molar-refractivity contribution in [1.82, 2.24) is 4.90 Å². The molecule has 1 rings (SSSR count). The van der Waals surface area contributed by atoms with Gasteiger partial charge in [0, 0.05) is 7.05 Å². The number of carbonyl (C=O) groups is 2. The van der Waals surface area contributed by atoms with Gasteiger partial charge >= 0.3 is 6.03 Å². The molecule has 0 fully saturated rings. The van der Waals surface area contributed by atoms with Crippen LogP contribution in [0.5, 0.6) is 0 Å². The zero-order valence-corrected chi connectivity index (χ0v) is 9.72. The summed E-state index contributed by atoms with van der Waals surface area (Å²) in [5.74, 6) is -0.539.